The van der Waals surface area contributed by atoms with Gasteiger partial charge in [0.1, 0.15) is 5.69 Å². The van der Waals surface area contributed by atoms with E-state index < -0.39 is 0 Å². The summed E-state index contributed by atoms with van der Waals surface area (Å²) in [6.45, 7) is 6.59. The highest BCUT2D eigenvalue weighted by Gasteiger charge is 2.34. The predicted octanol–water partition coefficient (Wildman–Crippen LogP) is 3.71. The second-order valence-corrected chi connectivity index (χ2v) is 8.80. The lowest BCUT2D eigenvalue weighted by Gasteiger charge is -2.33. The van der Waals surface area contributed by atoms with Gasteiger partial charge in [-0.2, -0.15) is 5.10 Å². The van der Waals surface area contributed by atoms with Crippen molar-refractivity contribution in [3.05, 3.63) is 41.6 Å². The Bertz CT molecular complexity index is 906. The van der Waals surface area contributed by atoms with Gasteiger partial charge < -0.3 is 15.3 Å². The number of carbonyl (C=O) groups is 2. The van der Waals surface area contributed by atoms with Crippen molar-refractivity contribution < 1.29 is 14.7 Å². The quantitative estimate of drug-likeness (QED) is 0.522. The van der Waals surface area contributed by atoms with Gasteiger partial charge in [0.25, 0.3) is 5.91 Å². The molecular formula is C25H36N4O3. The third kappa shape index (κ3) is 5.76. The van der Waals surface area contributed by atoms with Gasteiger partial charge in [0.2, 0.25) is 5.91 Å². The van der Waals surface area contributed by atoms with E-state index in [-0.39, 0.29) is 37.0 Å². The zero-order valence-corrected chi connectivity index (χ0v) is 19.5. The number of aromatic nitrogens is 2. The SMILES string of the molecule is CCCCCC1CN(CC(=O)NC(CO)CCC)C(=O)c2cc(-c3ccc(C)cc3)nn21. The number of unbranched alkanes of at least 4 members (excludes halogenated alkanes) is 2. The molecule has 2 unspecified atom stereocenters. The Morgan fingerprint density at radius 3 is 2.62 bits per heavy atom. The first-order valence-corrected chi connectivity index (χ1v) is 11.8. The van der Waals surface area contributed by atoms with Crippen LogP contribution in [0.1, 0.15) is 74.5 Å². The van der Waals surface area contributed by atoms with Gasteiger partial charge in [-0.1, -0.05) is 69.4 Å². The second kappa shape index (κ2) is 11.3. The van der Waals surface area contributed by atoms with Crippen LogP contribution in [0.4, 0.5) is 0 Å². The number of rotatable bonds is 11. The number of carbonyl (C=O) groups excluding carboxylic acids is 2. The summed E-state index contributed by atoms with van der Waals surface area (Å²) in [5, 5.41) is 17.1. The van der Waals surface area contributed by atoms with Crippen molar-refractivity contribution in [3.8, 4) is 11.3 Å². The maximum Gasteiger partial charge on any atom is 0.272 e. The molecule has 0 spiro atoms. The summed E-state index contributed by atoms with van der Waals surface area (Å²) in [5.74, 6) is -0.404. The van der Waals surface area contributed by atoms with E-state index in [0.717, 1.165) is 43.4 Å². The number of aliphatic hydroxyl groups is 1. The molecular weight excluding hydrogens is 404 g/mol. The monoisotopic (exact) mass is 440 g/mol. The minimum atomic E-state index is -0.272. The number of fused-ring (bicyclic) bond motifs is 1. The highest BCUT2D eigenvalue weighted by atomic mass is 16.3. The topological polar surface area (TPSA) is 87.5 Å². The van der Waals surface area contributed by atoms with Crippen molar-refractivity contribution in [2.24, 2.45) is 0 Å². The molecule has 1 aliphatic heterocycles. The molecule has 32 heavy (non-hydrogen) atoms. The lowest BCUT2D eigenvalue weighted by Crippen LogP contribution is -2.49. The smallest absolute Gasteiger partial charge is 0.272 e. The molecule has 0 bridgehead atoms. The van der Waals surface area contributed by atoms with Crippen molar-refractivity contribution in [1.82, 2.24) is 20.0 Å². The summed E-state index contributed by atoms with van der Waals surface area (Å²) in [6.07, 6.45) is 5.80. The first-order valence-electron chi connectivity index (χ1n) is 11.8. The summed E-state index contributed by atoms with van der Waals surface area (Å²) in [6, 6.07) is 9.74. The Balaban J connectivity index is 1.82. The van der Waals surface area contributed by atoms with Gasteiger partial charge in [0, 0.05) is 12.1 Å². The number of nitrogens with one attached hydrogen (secondary N) is 1. The number of aliphatic hydroxyl groups excluding tert-OH is 1. The zero-order valence-electron chi connectivity index (χ0n) is 19.5. The van der Waals surface area contributed by atoms with Crippen LogP contribution < -0.4 is 5.32 Å². The number of hydrogen-bond donors (Lipinski definition) is 2. The number of hydrogen-bond acceptors (Lipinski definition) is 4. The molecule has 7 nitrogen and oxygen atoms in total. The fraction of sp³-hybridized carbons (Fsp3) is 0.560. The fourth-order valence-electron chi connectivity index (χ4n) is 4.26. The standard InChI is InChI=1S/C25H36N4O3/c1-4-6-7-9-21-15-28(16-24(31)26-20(17-30)8-5-2)25(32)23-14-22(27-29(21)23)19-12-10-18(3)11-13-19/h10-14,20-21,30H,4-9,15-17H2,1-3H3,(H,26,31). The van der Waals surface area contributed by atoms with Crippen molar-refractivity contribution in [2.45, 2.75) is 71.4 Å². The van der Waals surface area contributed by atoms with Gasteiger partial charge in [-0.15, -0.1) is 0 Å². The summed E-state index contributed by atoms with van der Waals surface area (Å²) in [5.41, 5.74) is 3.47. The second-order valence-electron chi connectivity index (χ2n) is 8.80. The van der Waals surface area contributed by atoms with E-state index >= 15 is 0 Å². The highest BCUT2D eigenvalue weighted by molar-refractivity contribution is 5.96. The average molecular weight is 441 g/mol. The Morgan fingerprint density at radius 2 is 1.97 bits per heavy atom. The van der Waals surface area contributed by atoms with E-state index in [0.29, 0.717) is 18.7 Å². The molecule has 0 aliphatic carbocycles. The minimum Gasteiger partial charge on any atom is -0.394 e. The lowest BCUT2D eigenvalue weighted by molar-refractivity contribution is -0.123. The van der Waals surface area contributed by atoms with Crippen LogP contribution in [0.3, 0.4) is 0 Å². The molecule has 2 heterocycles. The predicted molar refractivity (Wildman–Crippen MR) is 125 cm³/mol. The summed E-state index contributed by atoms with van der Waals surface area (Å²) < 4.78 is 1.87. The van der Waals surface area contributed by atoms with E-state index in [4.69, 9.17) is 5.10 Å². The molecule has 0 saturated carbocycles. The molecule has 1 aliphatic rings. The van der Waals surface area contributed by atoms with Gasteiger partial charge in [0.05, 0.1) is 30.9 Å². The molecule has 7 heteroatoms. The van der Waals surface area contributed by atoms with Gasteiger partial charge in [0.15, 0.2) is 0 Å². The minimum absolute atomic E-state index is 0.00558. The molecule has 2 aromatic rings. The largest absolute Gasteiger partial charge is 0.394 e. The van der Waals surface area contributed by atoms with E-state index in [1.54, 1.807) is 4.90 Å². The van der Waals surface area contributed by atoms with Crippen LogP contribution in [0.25, 0.3) is 11.3 Å². The summed E-state index contributed by atoms with van der Waals surface area (Å²) in [7, 11) is 0. The van der Waals surface area contributed by atoms with Crippen LogP contribution in [0.5, 0.6) is 0 Å². The third-order valence-electron chi connectivity index (χ3n) is 6.06. The Kier molecular flexibility index (Phi) is 8.45. The normalized spacial score (nSPS) is 16.7. The van der Waals surface area contributed by atoms with E-state index in [9.17, 15) is 14.7 Å². The maximum atomic E-state index is 13.2. The maximum absolute atomic E-state index is 13.2. The molecule has 2 atom stereocenters. The first-order chi connectivity index (χ1) is 15.5. The van der Waals surface area contributed by atoms with E-state index in [2.05, 4.69) is 12.2 Å². The van der Waals surface area contributed by atoms with Crippen LogP contribution in [-0.2, 0) is 4.79 Å². The zero-order chi connectivity index (χ0) is 23.1. The lowest BCUT2D eigenvalue weighted by atomic mass is 10.0. The highest BCUT2D eigenvalue weighted by Crippen LogP contribution is 2.29. The molecule has 1 aromatic carbocycles. The third-order valence-corrected chi connectivity index (χ3v) is 6.06. The van der Waals surface area contributed by atoms with Gasteiger partial charge in [-0.25, -0.2) is 0 Å². The molecule has 3 rings (SSSR count). The number of nitrogens with zero attached hydrogens (tertiary/aromatic N) is 3. The Hall–Kier alpha value is -2.67. The molecule has 1 aromatic heterocycles. The summed E-state index contributed by atoms with van der Waals surface area (Å²) in [4.78, 5) is 27.5. The van der Waals surface area contributed by atoms with Gasteiger partial charge >= 0.3 is 0 Å². The van der Waals surface area contributed by atoms with Crippen LogP contribution >= 0.6 is 0 Å². The molecule has 2 N–H and O–H groups in total. The summed E-state index contributed by atoms with van der Waals surface area (Å²) >= 11 is 0. The van der Waals surface area contributed by atoms with Crippen LogP contribution in [-0.4, -0.2) is 57.3 Å². The fourth-order valence-corrected chi connectivity index (χ4v) is 4.26. The van der Waals surface area contributed by atoms with Crippen molar-refractivity contribution >= 4 is 11.8 Å². The molecule has 174 valence electrons. The molecule has 2 amide bonds. The first kappa shape index (κ1) is 24.0. The van der Waals surface area contributed by atoms with E-state index in [1.807, 2.05) is 48.9 Å². The van der Waals surface area contributed by atoms with Gasteiger partial charge in [-0.05, 0) is 25.8 Å². The van der Waals surface area contributed by atoms with Crippen LogP contribution in [0, 0.1) is 6.92 Å². The van der Waals surface area contributed by atoms with Crippen molar-refractivity contribution in [2.75, 3.05) is 19.7 Å². The van der Waals surface area contributed by atoms with Crippen LogP contribution in [0.15, 0.2) is 30.3 Å². The molecule has 0 radical (unpaired) electrons. The molecule has 0 saturated heterocycles. The van der Waals surface area contributed by atoms with Crippen LogP contribution in [0.2, 0.25) is 0 Å². The van der Waals surface area contributed by atoms with E-state index in [1.165, 1.54) is 5.56 Å². The average Bonchev–Trinajstić information content (AvgIpc) is 3.23. The van der Waals surface area contributed by atoms with Crippen molar-refractivity contribution in [1.29, 1.82) is 0 Å². The number of amides is 2. The Labute approximate surface area is 190 Å². The van der Waals surface area contributed by atoms with Gasteiger partial charge in [-0.3, -0.25) is 14.3 Å². The molecule has 0 fully saturated rings. The number of aryl methyl sites for hydroxylation is 1. The van der Waals surface area contributed by atoms with Crippen molar-refractivity contribution in [3.63, 3.8) is 0 Å². The number of benzene rings is 1. The Morgan fingerprint density at radius 1 is 1.22 bits per heavy atom.